The third kappa shape index (κ3) is 8.69. The first-order valence-corrected chi connectivity index (χ1v) is 16.7. The highest BCUT2D eigenvalue weighted by molar-refractivity contribution is 7.85. The third-order valence-corrected chi connectivity index (χ3v) is 8.14. The lowest BCUT2D eigenvalue weighted by Gasteiger charge is -2.36. The zero-order chi connectivity index (χ0) is 33.6. The normalized spacial score (nSPS) is 14.9. The predicted molar refractivity (Wildman–Crippen MR) is 171 cm³/mol. The summed E-state index contributed by atoms with van der Waals surface area (Å²) in [5.41, 5.74) is 0.165. The molecule has 4 rings (SSSR count). The minimum atomic E-state index is -3.71. The lowest BCUT2D eigenvalue weighted by atomic mass is 9.82. The van der Waals surface area contributed by atoms with E-state index in [1.54, 1.807) is 23.1 Å². The monoisotopic (exact) mass is 658 g/mol. The fourth-order valence-electron chi connectivity index (χ4n) is 5.43. The number of rotatable bonds is 11. The molecule has 0 aliphatic carbocycles. The molecule has 1 aliphatic rings. The van der Waals surface area contributed by atoms with E-state index in [-0.39, 0.29) is 30.3 Å². The molecule has 1 amide bonds. The van der Waals surface area contributed by atoms with E-state index in [4.69, 9.17) is 34.0 Å². The van der Waals surface area contributed by atoms with Crippen LogP contribution < -0.4 is 15.3 Å². The average molecular weight is 659 g/mol. The highest BCUT2D eigenvalue weighted by Crippen LogP contribution is 2.40. The molecule has 1 unspecified atom stereocenters. The van der Waals surface area contributed by atoms with E-state index in [1.165, 1.54) is 18.9 Å². The van der Waals surface area contributed by atoms with Crippen LogP contribution in [-0.2, 0) is 23.8 Å². The van der Waals surface area contributed by atoms with Gasteiger partial charge >= 0.3 is 12.1 Å². The molecule has 1 fully saturated rings. The van der Waals surface area contributed by atoms with Gasteiger partial charge in [-0.1, -0.05) is 18.2 Å². The molecular formula is C32H42N4O9S. The number of esters is 1. The SMILES string of the molecule is COC(=O)c1c(-c2ccc(Oc3ccccc3)c(OC)c2)nc(C(CCOS(C)(=O)=O)C2CCN(C(=O)OC(C)(C)C)CC2)n1N. The van der Waals surface area contributed by atoms with Gasteiger partial charge < -0.3 is 29.7 Å². The van der Waals surface area contributed by atoms with Gasteiger partial charge in [0.25, 0.3) is 10.1 Å². The molecule has 1 saturated heterocycles. The maximum atomic E-state index is 13.1. The van der Waals surface area contributed by atoms with Crippen LogP contribution in [-0.4, -0.2) is 80.8 Å². The van der Waals surface area contributed by atoms with Gasteiger partial charge in [-0.2, -0.15) is 8.42 Å². The summed E-state index contributed by atoms with van der Waals surface area (Å²) in [6.07, 6.45) is 1.96. The first kappa shape index (κ1) is 34.6. The summed E-state index contributed by atoms with van der Waals surface area (Å²) in [6.45, 7) is 6.16. The van der Waals surface area contributed by atoms with E-state index in [0.717, 1.165) is 6.26 Å². The van der Waals surface area contributed by atoms with Gasteiger partial charge in [0, 0.05) is 24.6 Å². The van der Waals surface area contributed by atoms with Crippen LogP contribution in [0.2, 0.25) is 0 Å². The molecule has 2 heterocycles. The van der Waals surface area contributed by atoms with Crippen molar-refractivity contribution >= 4 is 22.2 Å². The van der Waals surface area contributed by atoms with E-state index >= 15 is 0 Å². The molecular weight excluding hydrogens is 616 g/mol. The molecule has 14 heteroatoms. The van der Waals surface area contributed by atoms with E-state index in [9.17, 15) is 18.0 Å². The van der Waals surface area contributed by atoms with Crippen LogP contribution in [0.25, 0.3) is 11.3 Å². The fourth-order valence-corrected chi connectivity index (χ4v) is 5.83. The summed E-state index contributed by atoms with van der Waals surface area (Å²) in [5.74, 6) is 7.22. The summed E-state index contributed by atoms with van der Waals surface area (Å²) < 4.78 is 52.1. The number of aromatic nitrogens is 2. The van der Waals surface area contributed by atoms with Gasteiger partial charge in [-0.25, -0.2) is 19.2 Å². The van der Waals surface area contributed by atoms with Crippen molar-refractivity contribution < 1.29 is 41.1 Å². The maximum Gasteiger partial charge on any atom is 0.410 e. The summed E-state index contributed by atoms with van der Waals surface area (Å²) >= 11 is 0. The van der Waals surface area contributed by atoms with Gasteiger partial charge in [-0.05, 0) is 76.3 Å². The number of likely N-dealkylation sites (tertiary alicyclic amines) is 1. The minimum Gasteiger partial charge on any atom is -0.493 e. The lowest BCUT2D eigenvalue weighted by Crippen LogP contribution is -2.43. The van der Waals surface area contributed by atoms with Crippen molar-refractivity contribution in [1.82, 2.24) is 14.6 Å². The van der Waals surface area contributed by atoms with Crippen molar-refractivity contribution in [2.45, 2.75) is 51.6 Å². The number of nitrogens with zero attached hydrogens (tertiary/aromatic N) is 3. The first-order valence-electron chi connectivity index (χ1n) is 14.9. The number of imidazole rings is 1. The van der Waals surface area contributed by atoms with Crippen LogP contribution in [0.1, 0.15) is 62.3 Å². The van der Waals surface area contributed by atoms with Crippen LogP contribution in [0.4, 0.5) is 4.79 Å². The van der Waals surface area contributed by atoms with Gasteiger partial charge in [0.05, 0.1) is 27.1 Å². The van der Waals surface area contributed by atoms with Crippen LogP contribution in [0.5, 0.6) is 17.2 Å². The summed E-state index contributed by atoms with van der Waals surface area (Å²) in [6, 6.07) is 14.4. The van der Waals surface area contributed by atoms with Gasteiger partial charge in [-0.15, -0.1) is 0 Å². The number of carbonyl (C=O) groups is 2. The second-order valence-electron chi connectivity index (χ2n) is 12.0. The van der Waals surface area contributed by atoms with Crippen molar-refractivity contribution in [2.24, 2.45) is 5.92 Å². The molecule has 250 valence electrons. The van der Waals surface area contributed by atoms with Crippen LogP contribution in [0, 0.1) is 5.92 Å². The Bertz CT molecular complexity index is 1630. The van der Waals surface area contributed by atoms with E-state index in [0.29, 0.717) is 54.6 Å². The van der Waals surface area contributed by atoms with Crippen LogP contribution in [0.3, 0.4) is 0 Å². The molecule has 2 aromatic carbocycles. The minimum absolute atomic E-state index is 0.0107. The maximum absolute atomic E-state index is 13.1. The second kappa shape index (κ2) is 14.4. The van der Waals surface area contributed by atoms with Crippen molar-refractivity contribution in [3.05, 3.63) is 60.0 Å². The summed E-state index contributed by atoms with van der Waals surface area (Å²) in [4.78, 5) is 32.3. The Labute approximate surface area is 269 Å². The van der Waals surface area contributed by atoms with Crippen molar-refractivity contribution in [3.63, 3.8) is 0 Å². The lowest BCUT2D eigenvalue weighted by molar-refractivity contribution is 0.0168. The zero-order valence-corrected chi connectivity index (χ0v) is 27.8. The van der Waals surface area contributed by atoms with E-state index in [2.05, 4.69) is 0 Å². The van der Waals surface area contributed by atoms with Crippen LogP contribution >= 0.6 is 0 Å². The number of piperidine rings is 1. The molecule has 2 N–H and O–H groups in total. The van der Waals surface area contributed by atoms with E-state index in [1.807, 2.05) is 51.1 Å². The molecule has 0 saturated carbocycles. The number of nitrogens with two attached hydrogens (primary N) is 1. The standard InChI is InChI=1S/C32H42N4O9S/c1-32(2,3)45-31(38)35-17-14-21(15-18-35)24(16-19-43-46(6,39)40)29-34-27(28(36(29)33)30(37)42-5)22-12-13-25(26(20-22)41-4)44-23-10-8-7-9-11-23/h7-13,20-21,24H,14-19,33H2,1-6H3. The Kier molecular flexibility index (Phi) is 10.8. The highest BCUT2D eigenvalue weighted by Gasteiger charge is 2.36. The molecule has 13 nitrogen and oxygen atoms in total. The number of methoxy groups -OCH3 is 2. The first-order chi connectivity index (χ1) is 21.7. The van der Waals surface area contributed by atoms with Gasteiger partial charge in [0.15, 0.2) is 17.2 Å². The molecule has 0 radical (unpaired) electrons. The number of amides is 1. The molecule has 46 heavy (non-hydrogen) atoms. The Morgan fingerprint density at radius 1 is 1.04 bits per heavy atom. The van der Waals surface area contributed by atoms with Crippen molar-refractivity contribution in [1.29, 1.82) is 0 Å². The number of hydrogen-bond donors (Lipinski definition) is 1. The number of ether oxygens (including phenoxy) is 4. The topological polar surface area (TPSA) is 162 Å². The van der Waals surface area contributed by atoms with Crippen LogP contribution in [0.15, 0.2) is 48.5 Å². The van der Waals surface area contributed by atoms with Gasteiger partial charge in [-0.3, -0.25) is 4.18 Å². The predicted octanol–water partition coefficient (Wildman–Crippen LogP) is 4.95. The number of para-hydroxylation sites is 1. The molecule has 3 aromatic rings. The van der Waals surface area contributed by atoms with Gasteiger partial charge in [0.1, 0.15) is 22.9 Å². The number of carbonyl (C=O) groups excluding carboxylic acids is 2. The Morgan fingerprint density at radius 2 is 1.72 bits per heavy atom. The second-order valence-corrected chi connectivity index (χ2v) is 13.7. The number of nitrogen functional groups attached to an aromatic ring is 1. The number of hydrogen-bond acceptors (Lipinski definition) is 11. The van der Waals surface area contributed by atoms with Gasteiger partial charge in [0.2, 0.25) is 0 Å². The summed E-state index contributed by atoms with van der Waals surface area (Å²) in [5, 5.41) is 0. The molecule has 0 spiro atoms. The molecule has 1 atom stereocenters. The fraction of sp³-hybridized carbons (Fsp3) is 0.469. The van der Waals surface area contributed by atoms with E-state index < -0.39 is 33.7 Å². The third-order valence-electron chi connectivity index (χ3n) is 7.54. The Hall–Kier alpha value is -4.30. The average Bonchev–Trinajstić information content (AvgIpc) is 3.34. The molecule has 1 aromatic heterocycles. The smallest absolute Gasteiger partial charge is 0.410 e. The molecule has 1 aliphatic heterocycles. The Balaban J connectivity index is 1.70. The quantitative estimate of drug-likeness (QED) is 0.169. The van der Waals surface area contributed by atoms with Crippen molar-refractivity contribution in [3.8, 4) is 28.5 Å². The largest absolute Gasteiger partial charge is 0.493 e. The summed E-state index contributed by atoms with van der Waals surface area (Å²) in [7, 11) is -0.949. The zero-order valence-electron chi connectivity index (χ0n) is 27.0. The highest BCUT2D eigenvalue weighted by atomic mass is 32.2. The number of benzene rings is 2. The molecule has 0 bridgehead atoms. The van der Waals surface area contributed by atoms with Crippen molar-refractivity contribution in [2.75, 3.05) is 46.0 Å². The Morgan fingerprint density at radius 3 is 2.30 bits per heavy atom.